The van der Waals surface area contributed by atoms with Crippen LogP contribution in [0, 0.1) is 0 Å². The van der Waals surface area contributed by atoms with Gasteiger partial charge >= 0.3 is 5.97 Å². The number of carbonyl (C=O) groups excluding carboxylic acids is 2. The van der Waals surface area contributed by atoms with E-state index in [1.165, 1.54) is 29.8 Å². The highest BCUT2D eigenvalue weighted by Gasteiger charge is 2.27. The number of nitrogens with zero attached hydrogens (tertiary/aromatic N) is 1. The van der Waals surface area contributed by atoms with Gasteiger partial charge < -0.3 is 14.7 Å². The van der Waals surface area contributed by atoms with Gasteiger partial charge in [-0.2, -0.15) is 0 Å². The largest absolute Gasteiger partial charge is 0.508 e. The molecule has 0 aromatic heterocycles. The van der Waals surface area contributed by atoms with E-state index in [1.54, 1.807) is 11.8 Å². The second-order valence-corrected chi connectivity index (χ2v) is 5.87. The van der Waals surface area contributed by atoms with Gasteiger partial charge in [-0.3, -0.25) is 4.79 Å². The molecule has 124 valence electrons. The summed E-state index contributed by atoms with van der Waals surface area (Å²) < 4.78 is 5.27. The minimum atomic E-state index is -0.850. The zero-order valence-electron chi connectivity index (χ0n) is 13.4. The van der Waals surface area contributed by atoms with Crippen LogP contribution in [0.3, 0.4) is 0 Å². The molecular weight excluding hydrogens is 306 g/mol. The zero-order valence-corrected chi connectivity index (χ0v) is 13.4. The maximum atomic E-state index is 12.5. The zero-order chi connectivity index (χ0) is 17.1. The summed E-state index contributed by atoms with van der Waals surface area (Å²) in [5.41, 5.74) is 2.70. The Bertz CT molecular complexity index is 754. The molecule has 0 aliphatic carbocycles. The number of aromatic hydroxyl groups is 1. The number of esters is 1. The molecule has 0 saturated heterocycles. The van der Waals surface area contributed by atoms with Gasteiger partial charge in [0.25, 0.3) is 5.91 Å². The number of fused-ring (bicyclic) bond motifs is 1. The van der Waals surface area contributed by atoms with Crippen molar-refractivity contribution in [1.29, 1.82) is 0 Å². The Morgan fingerprint density at radius 1 is 1.08 bits per heavy atom. The summed E-state index contributed by atoms with van der Waals surface area (Å²) in [4.78, 5) is 26.3. The number of rotatable bonds is 3. The molecule has 1 amide bonds. The Morgan fingerprint density at radius 2 is 1.75 bits per heavy atom. The Hall–Kier alpha value is -2.82. The van der Waals surface area contributed by atoms with Crippen LogP contribution in [0.1, 0.15) is 28.4 Å². The van der Waals surface area contributed by atoms with Crippen molar-refractivity contribution in [2.45, 2.75) is 26.0 Å². The van der Waals surface area contributed by atoms with Crippen LogP contribution in [-0.4, -0.2) is 34.5 Å². The fourth-order valence-corrected chi connectivity index (χ4v) is 2.82. The van der Waals surface area contributed by atoms with Gasteiger partial charge in [-0.1, -0.05) is 24.3 Å². The average Bonchev–Trinajstić information content (AvgIpc) is 2.61. The van der Waals surface area contributed by atoms with Gasteiger partial charge in [0.2, 0.25) is 0 Å². The lowest BCUT2D eigenvalue weighted by atomic mass is 9.99. The lowest BCUT2D eigenvalue weighted by Crippen LogP contribution is -2.42. The van der Waals surface area contributed by atoms with Crippen LogP contribution < -0.4 is 0 Å². The van der Waals surface area contributed by atoms with Crippen molar-refractivity contribution in [2.24, 2.45) is 0 Å². The molecule has 1 atom stereocenters. The molecule has 1 aliphatic heterocycles. The Labute approximate surface area is 140 Å². The highest BCUT2D eigenvalue weighted by molar-refractivity contribution is 5.92. The monoisotopic (exact) mass is 325 g/mol. The molecule has 5 heteroatoms. The smallest absolute Gasteiger partial charge is 0.338 e. The lowest BCUT2D eigenvalue weighted by Gasteiger charge is -2.30. The average molecular weight is 325 g/mol. The van der Waals surface area contributed by atoms with Crippen molar-refractivity contribution < 1.29 is 19.4 Å². The van der Waals surface area contributed by atoms with E-state index in [1.807, 2.05) is 18.2 Å². The minimum absolute atomic E-state index is 0.0719. The van der Waals surface area contributed by atoms with Crippen LogP contribution in [0.15, 0.2) is 48.5 Å². The number of phenols is 1. The molecule has 0 bridgehead atoms. The van der Waals surface area contributed by atoms with Crippen molar-refractivity contribution >= 4 is 11.9 Å². The highest BCUT2D eigenvalue weighted by atomic mass is 16.5. The summed E-state index contributed by atoms with van der Waals surface area (Å²) in [5.74, 6) is -0.701. The van der Waals surface area contributed by atoms with Gasteiger partial charge in [0.05, 0.1) is 5.56 Å². The van der Waals surface area contributed by atoms with Gasteiger partial charge in [0, 0.05) is 13.1 Å². The Morgan fingerprint density at radius 3 is 2.46 bits per heavy atom. The first-order chi connectivity index (χ1) is 11.5. The highest BCUT2D eigenvalue weighted by Crippen LogP contribution is 2.20. The first kappa shape index (κ1) is 16.1. The second-order valence-electron chi connectivity index (χ2n) is 5.87. The molecule has 0 radical (unpaired) electrons. The van der Waals surface area contributed by atoms with Gasteiger partial charge in [-0.15, -0.1) is 0 Å². The van der Waals surface area contributed by atoms with Crippen molar-refractivity contribution in [2.75, 3.05) is 6.54 Å². The number of hydrogen-bond acceptors (Lipinski definition) is 4. The molecule has 0 unspecified atom stereocenters. The summed E-state index contributed by atoms with van der Waals surface area (Å²) >= 11 is 0. The van der Waals surface area contributed by atoms with E-state index < -0.39 is 12.1 Å². The Balaban J connectivity index is 1.63. The van der Waals surface area contributed by atoms with E-state index in [2.05, 4.69) is 6.07 Å². The number of ether oxygens (including phenoxy) is 1. The first-order valence-electron chi connectivity index (χ1n) is 7.90. The van der Waals surface area contributed by atoms with Gasteiger partial charge in [0.1, 0.15) is 5.75 Å². The summed E-state index contributed by atoms with van der Waals surface area (Å²) in [6, 6.07) is 13.8. The standard InChI is InChI=1S/C19H19NO4/c1-13(24-19(23)15-6-8-17(21)9-7-15)18(22)20-11-10-14-4-2-3-5-16(14)12-20/h2-9,13,21H,10-12H2,1H3/t13-/m0/s1. The minimum Gasteiger partial charge on any atom is -0.508 e. The van der Waals surface area contributed by atoms with E-state index in [0.29, 0.717) is 18.7 Å². The molecule has 2 aromatic rings. The first-order valence-corrected chi connectivity index (χ1v) is 7.90. The topological polar surface area (TPSA) is 66.8 Å². The fraction of sp³-hybridized carbons (Fsp3) is 0.263. The third-order valence-electron chi connectivity index (χ3n) is 4.18. The van der Waals surface area contributed by atoms with Gasteiger partial charge in [-0.25, -0.2) is 4.79 Å². The van der Waals surface area contributed by atoms with Crippen molar-refractivity contribution in [1.82, 2.24) is 4.90 Å². The third-order valence-corrected chi connectivity index (χ3v) is 4.18. The molecule has 3 rings (SSSR count). The number of hydrogen-bond donors (Lipinski definition) is 1. The van der Waals surface area contributed by atoms with Crippen LogP contribution in [-0.2, 0) is 22.5 Å². The molecule has 2 aromatic carbocycles. The fourth-order valence-electron chi connectivity index (χ4n) is 2.82. The summed E-state index contributed by atoms with van der Waals surface area (Å²) in [7, 11) is 0. The van der Waals surface area contributed by atoms with Crippen molar-refractivity contribution in [3.8, 4) is 5.75 Å². The molecule has 24 heavy (non-hydrogen) atoms. The van der Waals surface area contributed by atoms with E-state index in [9.17, 15) is 14.7 Å². The van der Waals surface area contributed by atoms with E-state index in [-0.39, 0.29) is 11.7 Å². The number of phenolic OH excluding ortho intramolecular Hbond substituents is 1. The normalized spacial score (nSPS) is 14.6. The molecule has 1 heterocycles. The van der Waals surface area contributed by atoms with Crippen LogP contribution in [0.4, 0.5) is 0 Å². The molecule has 0 spiro atoms. The predicted octanol–water partition coefficient (Wildman–Crippen LogP) is 2.52. The summed E-state index contributed by atoms with van der Waals surface area (Å²) in [5, 5.41) is 9.25. The molecule has 0 fully saturated rings. The number of carbonyl (C=O) groups is 2. The van der Waals surface area contributed by atoms with E-state index in [4.69, 9.17) is 4.74 Å². The second kappa shape index (κ2) is 6.74. The number of amides is 1. The van der Waals surface area contributed by atoms with Crippen LogP contribution in [0.5, 0.6) is 5.75 Å². The predicted molar refractivity (Wildman–Crippen MR) is 88.5 cm³/mol. The van der Waals surface area contributed by atoms with Crippen molar-refractivity contribution in [3.05, 3.63) is 65.2 Å². The maximum Gasteiger partial charge on any atom is 0.338 e. The third kappa shape index (κ3) is 3.40. The maximum absolute atomic E-state index is 12.5. The quantitative estimate of drug-likeness (QED) is 0.881. The molecule has 0 saturated carbocycles. The molecule has 1 aliphatic rings. The lowest BCUT2D eigenvalue weighted by molar-refractivity contribution is -0.140. The van der Waals surface area contributed by atoms with Gasteiger partial charge in [-0.05, 0) is 48.7 Å². The molecule has 1 N–H and O–H groups in total. The van der Waals surface area contributed by atoms with Crippen LogP contribution >= 0.6 is 0 Å². The van der Waals surface area contributed by atoms with Crippen LogP contribution in [0.25, 0.3) is 0 Å². The van der Waals surface area contributed by atoms with Crippen LogP contribution in [0.2, 0.25) is 0 Å². The Kier molecular flexibility index (Phi) is 4.51. The van der Waals surface area contributed by atoms with Gasteiger partial charge in [0.15, 0.2) is 6.10 Å². The van der Waals surface area contributed by atoms with E-state index >= 15 is 0 Å². The SMILES string of the molecule is C[C@H](OC(=O)c1ccc(O)cc1)C(=O)N1CCc2ccccc2C1. The summed E-state index contributed by atoms with van der Waals surface area (Å²) in [6.07, 6.45) is -0.0443. The number of benzene rings is 2. The van der Waals surface area contributed by atoms with Crippen molar-refractivity contribution in [3.63, 3.8) is 0 Å². The summed E-state index contributed by atoms with van der Waals surface area (Å²) in [6.45, 7) is 2.74. The molecular formula is C19H19NO4. The molecule has 5 nitrogen and oxygen atoms in total. The van der Waals surface area contributed by atoms with E-state index in [0.717, 1.165) is 12.0 Å².